The summed E-state index contributed by atoms with van der Waals surface area (Å²) in [5.74, 6) is 0.876. The standard InChI is InChI=1S/C25H35NO6/c1-7-31-24(28)19-15-26-20(13-21(19)27)18-12-22(30-6)23(32-10-8-9-29-5)11-17(18)14-25(26,4)16(2)3/h11-12,15-16,20H,7-10,13-14H2,1-6H3. The van der Waals surface area contributed by atoms with Crippen molar-refractivity contribution in [3.63, 3.8) is 0 Å². The number of carbonyl (C=O) groups excluding carboxylic acids is 2. The molecule has 1 aromatic carbocycles. The second-order valence-electron chi connectivity index (χ2n) is 8.90. The van der Waals surface area contributed by atoms with E-state index in [1.165, 1.54) is 0 Å². The second kappa shape index (κ2) is 9.94. The van der Waals surface area contributed by atoms with Crippen LogP contribution >= 0.6 is 0 Å². The molecule has 2 unspecified atom stereocenters. The van der Waals surface area contributed by atoms with Gasteiger partial charge >= 0.3 is 5.97 Å². The van der Waals surface area contributed by atoms with Crippen LogP contribution in [-0.4, -0.2) is 56.2 Å². The van der Waals surface area contributed by atoms with Crippen molar-refractivity contribution in [1.82, 2.24) is 4.90 Å². The van der Waals surface area contributed by atoms with Gasteiger partial charge in [-0.2, -0.15) is 0 Å². The molecule has 0 spiro atoms. The SMILES string of the molecule is CCOC(=O)C1=CN2C(CC1=O)c1cc(OC)c(OCCCOC)cc1CC2(C)C(C)C. The molecule has 7 heteroatoms. The van der Waals surface area contributed by atoms with Gasteiger partial charge in [0.1, 0.15) is 5.57 Å². The number of nitrogens with zero attached hydrogens (tertiary/aromatic N) is 1. The Labute approximate surface area is 190 Å². The van der Waals surface area contributed by atoms with Crippen molar-refractivity contribution in [3.05, 3.63) is 35.0 Å². The van der Waals surface area contributed by atoms with Crippen LogP contribution < -0.4 is 9.47 Å². The first-order chi connectivity index (χ1) is 15.3. The maximum Gasteiger partial charge on any atom is 0.343 e. The lowest BCUT2D eigenvalue weighted by atomic mass is 9.72. The molecule has 7 nitrogen and oxygen atoms in total. The third-order valence-electron chi connectivity index (χ3n) is 6.70. The Bertz CT molecular complexity index is 893. The summed E-state index contributed by atoms with van der Waals surface area (Å²) < 4.78 is 21.9. The highest BCUT2D eigenvalue weighted by atomic mass is 16.5. The fourth-order valence-corrected chi connectivity index (χ4v) is 4.54. The molecule has 176 valence electrons. The summed E-state index contributed by atoms with van der Waals surface area (Å²) in [6, 6.07) is 3.86. The summed E-state index contributed by atoms with van der Waals surface area (Å²) in [5.41, 5.74) is 2.03. The molecule has 0 saturated carbocycles. The van der Waals surface area contributed by atoms with Crippen molar-refractivity contribution >= 4 is 11.8 Å². The lowest BCUT2D eigenvalue weighted by molar-refractivity contribution is -0.141. The van der Waals surface area contributed by atoms with Crippen molar-refractivity contribution in [3.8, 4) is 11.5 Å². The third kappa shape index (κ3) is 4.49. The first-order valence-electron chi connectivity index (χ1n) is 11.3. The van der Waals surface area contributed by atoms with Gasteiger partial charge in [0, 0.05) is 38.3 Å². The molecule has 0 bridgehead atoms. The van der Waals surface area contributed by atoms with Crippen LogP contribution in [0.5, 0.6) is 11.5 Å². The normalized spacial score (nSPS) is 22.2. The number of benzene rings is 1. The summed E-state index contributed by atoms with van der Waals surface area (Å²) in [6.07, 6.45) is 3.48. The largest absolute Gasteiger partial charge is 0.493 e. The molecule has 0 aromatic heterocycles. The molecule has 2 heterocycles. The van der Waals surface area contributed by atoms with Gasteiger partial charge in [0.15, 0.2) is 17.3 Å². The number of ketones is 1. The minimum atomic E-state index is -0.551. The summed E-state index contributed by atoms with van der Waals surface area (Å²) >= 11 is 0. The molecule has 3 rings (SSSR count). The van der Waals surface area contributed by atoms with Gasteiger partial charge in [0.25, 0.3) is 0 Å². The Morgan fingerprint density at radius 2 is 1.97 bits per heavy atom. The lowest BCUT2D eigenvalue weighted by Gasteiger charge is -2.54. The van der Waals surface area contributed by atoms with Crippen LogP contribution in [0.15, 0.2) is 23.9 Å². The highest BCUT2D eigenvalue weighted by Crippen LogP contribution is 2.49. The van der Waals surface area contributed by atoms with Crippen molar-refractivity contribution in [2.45, 2.75) is 58.5 Å². The minimum Gasteiger partial charge on any atom is -0.493 e. The molecule has 2 aliphatic heterocycles. The predicted molar refractivity (Wildman–Crippen MR) is 121 cm³/mol. The van der Waals surface area contributed by atoms with Crippen LogP contribution in [0.2, 0.25) is 0 Å². The van der Waals surface area contributed by atoms with E-state index in [4.69, 9.17) is 18.9 Å². The molecule has 0 fully saturated rings. The number of rotatable bonds is 9. The number of carbonyl (C=O) groups is 2. The highest BCUT2D eigenvalue weighted by Gasteiger charge is 2.47. The van der Waals surface area contributed by atoms with Gasteiger partial charge in [-0.25, -0.2) is 4.79 Å². The molecule has 1 aromatic rings. The molecular formula is C25H35NO6. The first-order valence-corrected chi connectivity index (χ1v) is 11.3. The molecule has 2 atom stereocenters. The summed E-state index contributed by atoms with van der Waals surface area (Å²) in [6.45, 7) is 9.67. The van der Waals surface area contributed by atoms with Gasteiger partial charge in [0.05, 0.1) is 26.4 Å². The molecule has 0 N–H and O–H groups in total. The van der Waals surface area contributed by atoms with E-state index in [9.17, 15) is 9.59 Å². The monoisotopic (exact) mass is 445 g/mol. The van der Waals surface area contributed by atoms with Gasteiger partial charge in [-0.3, -0.25) is 4.79 Å². The Morgan fingerprint density at radius 1 is 1.22 bits per heavy atom. The molecular weight excluding hydrogens is 410 g/mol. The topological polar surface area (TPSA) is 74.3 Å². The Morgan fingerprint density at radius 3 is 2.59 bits per heavy atom. The molecule has 0 radical (unpaired) electrons. The first kappa shape index (κ1) is 24.1. The average molecular weight is 446 g/mol. The second-order valence-corrected chi connectivity index (χ2v) is 8.90. The summed E-state index contributed by atoms with van der Waals surface area (Å²) in [5, 5.41) is 0. The summed E-state index contributed by atoms with van der Waals surface area (Å²) in [7, 11) is 3.29. The highest BCUT2D eigenvalue weighted by molar-refractivity contribution is 6.17. The van der Waals surface area contributed by atoms with Crippen molar-refractivity contribution in [2.24, 2.45) is 5.92 Å². The molecule has 0 saturated heterocycles. The van der Waals surface area contributed by atoms with E-state index in [2.05, 4.69) is 25.7 Å². The number of hydrogen-bond donors (Lipinski definition) is 0. The number of Topliss-reactive ketones (excluding diaryl/α,β-unsaturated/α-hetero) is 1. The van der Waals surface area contributed by atoms with Crippen LogP contribution in [-0.2, 0) is 25.5 Å². The number of esters is 1. The van der Waals surface area contributed by atoms with Crippen molar-refractivity contribution in [1.29, 1.82) is 0 Å². The van der Waals surface area contributed by atoms with Gasteiger partial charge in [0.2, 0.25) is 0 Å². The van der Waals surface area contributed by atoms with Gasteiger partial charge in [-0.1, -0.05) is 13.8 Å². The zero-order valence-electron chi connectivity index (χ0n) is 20.0. The zero-order valence-corrected chi connectivity index (χ0v) is 20.0. The zero-order chi connectivity index (χ0) is 23.5. The van der Waals surface area contributed by atoms with E-state index >= 15 is 0 Å². The van der Waals surface area contributed by atoms with Crippen LogP contribution in [0.3, 0.4) is 0 Å². The van der Waals surface area contributed by atoms with E-state index in [0.29, 0.717) is 24.7 Å². The average Bonchev–Trinajstić information content (AvgIpc) is 2.76. The number of methoxy groups -OCH3 is 2. The van der Waals surface area contributed by atoms with Crippen LogP contribution in [0.4, 0.5) is 0 Å². The van der Waals surface area contributed by atoms with Gasteiger partial charge in [-0.05, 0) is 49.4 Å². The van der Waals surface area contributed by atoms with Gasteiger partial charge < -0.3 is 23.8 Å². The number of ether oxygens (including phenoxy) is 4. The Balaban J connectivity index is 2.04. The number of hydrogen-bond acceptors (Lipinski definition) is 7. The maximum absolute atomic E-state index is 12.9. The lowest BCUT2D eigenvalue weighted by Crippen LogP contribution is -2.55. The molecule has 0 aliphatic carbocycles. The smallest absolute Gasteiger partial charge is 0.343 e. The Kier molecular flexibility index (Phi) is 7.49. The molecule has 32 heavy (non-hydrogen) atoms. The van der Waals surface area contributed by atoms with Crippen LogP contribution in [0, 0.1) is 5.92 Å². The van der Waals surface area contributed by atoms with E-state index in [0.717, 1.165) is 24.0 Å². The third-order valence-corrected chi connectivity index (χ3v) is 6.70. The quantitative estimate of drug-likeness (QED) is 0.325. The summed E-state index contributed by atoms with van der Waals surface area (Å²) in [4.78, 5) is 27.5. The van der Waals surface area contributed by atoms with E-state index in [1.54, 1.807) is 27.3 Å². The van der Waals surface area contributed by atoms with E-state index < -0.39 is 5.97 Å². The predicted octanol–water partition coefficient (Wildman–Crippen LogP) is 3.84. The number of fused-ring (bicyclic) bond motifs is 3. The Hall–Kier alpha value is -2.54. The van der Waals surface area contributed by atoms with E-state index in [-0.39, 0.29) is 41.9 Å². The fourth-order valence-electron chi connectivity index (χ4n) is 4.54. The van der Waals surface area contributed by atoms with Crippen LogP contribution in [0.25, 0.3) is 0 Å². The maximum atomic E-state index is 12.9. The molecule has 2 aliphatic rings. The minimum absolute atomic E-state index is 0.128. The van der Waals surface area contributed by atoms with Crippen molar-refractivity contribution < 1.29 is 28.5 Å². The van der Waals surface area contributed by atoms with Crippen molar-refractivity contribution in [2.75, 3.05) is 34.0 Å². The van der Waals surface area contributed by atoms with Gasteiger partial charge in [-0.15, -0.1) is 0 Å². The molecule has 0 amide bonds. The fraction of sp³-hybridized carbons (Fsp3) is 0.600. The van der Waals surface area contributed by atoms with Crippen LogP contribution in [0.1, 0.15) is 57.7 Å². The van der Waals surface area contributed by atoms with E-state index in [1.807, 2.05) is 12.1 Å².